The highest BCUT2D eigenvalue weighted by atomic mass is 32.2. The molecule has 0 saturated carbocycles. The number of nitrogens with one attached hydrogen (secondary N) is 1. The van der Waals surface area contributed by atoms with E-state index in [0.717, 1.165) is 40.6 Å². The minimum atomic E-state index is -3.79. The molecule has 3 aromatic carbocycles. The molecule has 6 nitrogen and oxygen atoms in total. The minimum absolute atomic E-state index is 0.0321. The van der Waals surface area contributed by atoms with Crippen molar-refractivity contribution in [3.63, 3.8) is 0 Å². The summed E-state index contributed by atoms with van der Waals surface area (Å²) in [4.78, 5) is 17.8. The van der Waals surface area contributed by atoms with Crippen LogP contribution in [0.5, 0.6) is 0 Å². The second-order valence-electron chi connectivity index (χ2n) is 8.89. The Hall–Kier alpha value is -2.88. The lowest BCUT2D eigenvalue weighted by molar-refractivity contribution is -0.120. The highest BCUT2D eigenvalue weighted by Gasteiger charge is 2.33. The van der Waals surface area contributed by atoms with Gasteiger partial charge in [0.05, 0.1) is 21.0 Å². The van der Waals surface area contributed by atoms with E-state index in [9.17, 15) is 17.6 Å². The van der Waals surface area contributed by atoms with Crippen molar-refractivity contribution in [1.29, 1.82) is 0 Å². The van der Waals surface area contributed by atoms with Gasteiger partial charge in [-0.05, 0) is 72.5 Å². The van der Waals surface area contributed by atoms with Crippen LogP contribution in [-0.4, -0.2) is 36.7 Å². The first-order valence-electron chi connectivity index (χ1n) is 11.3. The number of sulfonamides is 1. The Bertz CT molecular complexity index is 1550. The number of fused-ring (bicyclic) bond motifs is 2. The molecule has 0 radical (unpaired) electrons. The third-order valence-corrected chi connectivity index (χ3v) is 9.58. The second kappa shape index (κ2) is 8.11. The number of carbonyl (C=O) groups is 1. The van der Waals surface area contributed by atoms with Crippen molar-refractivity contribution in [2.75, 3.05) is 18.4 Å². The molecule has 34 heavy (non-hydrogen) atoms. The van der Waals surface area contributed by atoms with Gasteiger partial charge in [-0.1, -0.05) is 29.5 Å². The fourth-order valence-corrected chi connectivity index (χ4v) is 7.57. The van der Waals surface area contributed by atoms with Gasteiger partial charge in [-0.15, -0.1) is 0 Å². The van der Waals surface area contributed by atoms with Gasteiger partial charge >= 0.3 is 0 Å². The molecule has 1 saturated heterocycles. The lowest BCUT2D eigenvalue weighted by Gasteiger charge is -2.31. The summed E-state index contributed by atoms with van der Waals surface area (Å²) < 4.78 is 41.6. The highest BCUT2D eigenvalue weighted by Crippen LogP contribution is 2.39. The molecule has 2 aliphatic rings. The lowest BCUT2D eigenvalue weighted by Crippen LogP contribution is -2.43. The van der Waals surface area contributed by atoms with E-state index in [-0.39, 0.29) is 17.3 Å². The van der Waals surface area contributed by atoms with Crippen LogP contribution in [0.2, 0.25) is 0 Å². The van der Waals surface area contributed by atoms with Gasteiger partial charge in [0.1, 0.15) is 5.82 Å². The van der Waals surface area contributed by atoms with Crippen LogP contribution >= 0.6 is 11.3 Å². The molecule has 1 fully saturated rings. The number of hydrogen-bond acceptors (Lipinski definition) is 5. The van der Waals surface area contributed by atoms with E-state index in [2.05, 4.69) is 29.6 Å². The summed E-state index contributed by atoms with van der Waals surface area (Å²) in [7, 11) is -3.79. The normalized spacial score (nSPS) is 18.6. The number of thiazole rings is 1. The number of rotatable bonds is 4. The Morgan fingerprint density at radius 1 is 1.12 bits per heavy atom. The Labute approximate surface area is 200 Å². The Morgan fingerprint density at radius 3 is 2.74 bits per heavy atom. The zero-order valence-electron chi connectivity index (χ0n) is 18.3. The van der Waals surface area contributed by atoms with E-state index in [1.54, 1.807) is 0 Å². The third-order valence-electron chi connectivity index (χ3n) is 6.79. The van der Waals surface area contributed by atoms with Crippen LogP contribution in [0.15, 0.2) is 53.4 Å². The van der Waals surface area contributed by atoms with Gasteiger partial charge < -0.3 is 5.32 Å². The van der Waals surface area contributed by atoms with Crippen LogP contribution in [0.25, 0.3) is 21.0 Å². The number of halogens is 1. The topological polar surface area (TPSA) is 79.4 Å². The molecule has 1 amide bonds. The summed E-state index contributed by atoms with van der Waals surface area (Å²) in [6, 6.07) is 13.3. The van der Waals surface area contributed by atoms with Crippen molar-refractivity contribution >= 4 is 53.4 Å². The molecule has 9 heteroatoms. The number of piperidine rings is 1. The number of aromatic nitrogens is 1. The summed E-state index contributed by atoms with van der Waals surface area (Å²) in [6.45, 7) is 0.425. The zero-order chi connectivity index (χ0) is 23.4. The molecule has 0 spiro atoms. The van der Waals surface area contributed by atoms with Crippen molar-refractivity contribution in [3.05, 3.63) is 65.5 Å². The lowest BCUT2D eigenvalue weighted by atomic mass is 9.99. The average molecular weight is 496 g/mol. The van der Waals surface area contributed by atoms with Crippen LogP contribution in [0.3, 0.4) is 0 Å². The fourth-order valence-electron chi connectivity index (χ4n) is 5.10. The monoisotopic (exact) mass is 495 g/mol. The van der Waals surface area contributed by atoms with E-state index < -0.39 is 21.8 Å². The molecule has 1 unspecified atom stereocenters. The van der Waals surface area contributed by atoms with Crippen molar-refractivity contribution < 1.29 is 17.6 Å². The van der Waals surface area contributed by atoms with Crippen molar-refractivity contribution in [3.8, 4) is 0 Å². The van der Waals surface area contributed by atoms with Crippen LogP contribution in [0, 0.1) is 11.7 Å². The molecule has 1 aliphatic carbocycles. The number of amides is 1. The first-order valence-corrected chi connectivity index (χ1v) is 13.6. The molecular weight excluding hydrogens is 473 g/mol. The highest BCUT2D eigenvalue weighted by molar-refractivity contribution is 7.89. The molecule has 1 atom stereocenters. The number of aryl methyl sites for hydroxylation is 2. The maximum absolute atomic E-state index is 13.2. The van der Waals surface area contributed by atoms with Gasteiger partial charge in [0.2, 0.25) is 15.9 Å². The first-order chi connectivity index (χ1) is 16.4. The summed E-state index contributed by atoms with van der Waals surface area (Å²) in [5.74, 6) is -1.20. The smallest absolute Gasteiger partial charge is 0.243 e. The van der Waals surface area contributed by atoms with E-state index in [1.807, 2.05) is 0 Å². The molecule has 1 N–H and O–H groups in total. The quantitative estimate of drug-likeness (QED) is 0.444. The van der Waals surface area contributed by atoms with Crippen LogP contribution in [0.4, 0.5) is 9.52 Å². The average Bonchev–Trinajstić information content (AvgIpc) is 3.44. The van der Waals surface area contributed by atoms with Gasteiger partial charge in [0, 0.05) is 18.5 Å². The summed E-state index contributed by atoms with van der Waals surface area (Å²) in [6.07, 6.45) is 3.25. The maximum atomic E-state index is 13.2. The standard InChI is InChI=1S/C25H22FN3O3S2/c26-18-8-10-19(11-9-18)34(31,32)29-12-2-4-17(14-29)24(30)28-25-27-23-20-5-1-3-15-6-7-16(22(15)20)13-21(23)33-25/h1,3,5,8-11,13,17H,2,4,6-7,12,14H2,(H,27,28,30). The number of nitrogens with zero attached hydrogens (tertiary/aromatic N) is 2. The summed E-state index contributed by atoms with van der Waals surface area (Å²) in [5.41, 5.74) is 3.57. The number of anilines is 1. The zero-order valence-corrected chi connectivity index (χ0v) is 19.9. The SMILES string of the molecule is O=C(Nc1nc2c(cc3c4c(cccc42)CC3)s1)C1CCCN(S(=O)(=O)c2ccc(F)cc2)C1. The van der Waals surface area contributed by atoms with E-state index in [1.165, 1.54) is 44.3 Å². The third kappa shape index (κ3) is 3.59. The maximum Gasteiger partial charge on any atom is 0.243 e. The van der Waals surface area contributed by atoms with Crippen molar-refractivity contribution in [2.24, 2.45) is 5.92 Å². The van der Waals surface area contributed by atoms with Crippen LogP contribution in [0.1, 0.15) is 24.0 Å². The van der Waals surface area contributed by atoms with Crippen LogP contribution < -0.4 is 5.32 Å². The first kappa shape index (κ1) is 21.6. The largest absolute Gasteiger partial charge is 0.302 e. The van der Waals surface area contributed by atoms with E-state index in [0.29, 0.717) is 24.5 Å². The second-order valence-corrected chi connectivity index (χ2v) is 11.9. The summed E-state index contributed by atoms with van der Waals surface area (Å²) >= 11 is 1.45. The van der Waals surface area contributed by atoms with Gasteiger partial charge in [0.25, 0.3) is 0 Å². The Kier molecular flexibility index (Phi) is 5.16. The molecule has 1 aliphatic heterocycles. The molecule has 4 aromatic rings. The number of benzene rings is 3. The van der Waals surface area contributed by atoms with Gasteiger partial charge in [-0.25, -0.2) is 17.8 Å². The predicted molar refractivity (Wildman–Crippen MR) is 131 cm³/mol. The molecule has 174 valence electrons. The van der Waals surface area contributed by atoms with Crippen LogP contribution in [-0.2, 0) is 27.7 Å². The number of carbonyl (C=O) groups excluding carboxylic acids is 1. The van der Waals surface area contributed by atoms with Crippen molar-refractivity contribution in [2.45, 2.75) is 30.6 Å². The van der Waals surface area contributed by atoms with Gasteiger partial charge in [-0.2, -0.15) is 4.31 Å². The van der Waals surface area contributed by atoms with Crippen molar-refractivity contribution in [1.82, 2.24) is 9.29 Å². The molecule has 0 bridgehead atoms. The molecular formula is C25H22FN3O3S2. The Balaban J connectivity index is 1.23. The molecule has 2 heterocycles. The Morgan fingerprint density at radius 2 is 1.91 bits per heavy atom. The number of hydrogen-bond donors (Lipinski definition) is 1. The minimum Gasteiger partial charge on any atom is -0.302 e. The summed E-state index contributed by atoms with van der Waals surface area (Å²) in [5, 5.41) is 5.87. The molecule has 6 rings (SSSR count). The van der Waals surface area contributed by atoms with Gasteiger partial charge in [0.15, 0.2) is 5.13 Å². The van der Waals surface area contributed by atoms with Gasteiger partial charge in [-0.3, -0.25) is 4.79 Å². The predicted octanol–water partition coefficient (Wildman–Crippen LogP) is 4.73. The fraction of sp³-hybridized carbons (Fsp3) is 0.280. The van der Waals surface area contributed by atoms with E-state index in [4.69, 9.17) is 4.98 Å². The molecule has 1 aromatic heterocycles. The van der Waals surface area contributed by atoms with E-state index >= 15 is 0 Å².